The highest BCUT2D eigenvalue weighted by Crippen LogP contribution is 2.25. The Balaban J connectivity index is 0.00000208. The van der Waals surface area contributed by atoms with Crippen LogP contribution in [-0.4, -0.2) is 28.2 Å². The van der Waals surface area contributed by atoms with Crippen LogP contribution in [0.1, 0.15) is 29.9 Å². The van der Waals surface area contributed by atoms with Crippen LogP contribution in [0, 0.1) is 6.92 Å². The van der Waals surface area contributed by atoms with Gasteiger partial charge in [-0.3, -0.25) is 0 Å². The standard InChI is InChI=1S/C17H20N4OS.ClH/c1-11-5-4-6-13(7-11)17-19-14(10-23-17)9-16-20-15(21-22-16)8-12(2)18-3;/h4-7,10,12,18H,8-9H2,1-3H3;1H. The van der Waals surface area contributed by atoms with Crippen molar-refractivity contribution < 1.29 is 4.52 Å². The number of thiazole rings is 1. The molecule has 128 valence electrons. The molecule has 24 heavy (non-hydrogen) atoms. The highest BCUT2D eigenvalue weighted by Gasteiger charge is 2.12. The van der Waals surface area contributed by atoms with E-state index in [4.69, 9.17) is 4.52 Å². The normalized spacial score (nSPS) is 12.0. The highest BCUT2D eigenvalue weighted by atomic mass is 35.5. The van der Waals surface area contributed by atoms with E-state index in [-0.39, 0.29) is 12.4 Å². The lowest BCUT2D eigenvalue weighted by atomic mass is 10.1. The quantitative estimate of drug-likeness (QED) is 0.723. The predicted octanol–water partition coefficient (Wildman–Crippen LogP) is 3.66. The Hall–Kier alpha value is -1.76. The number of likely N-dealkylation sites (N-methyl/N-ethyl adjacent to an activating group) is 1. The van der Waals surface area contributed by atoms with E-state index in [2.05, 4.69) is 63.9 Å². The molecule has 1 N–H and O–H groups in total. The molecule has 1 atom stereocenters. The zero-order valence-electron chi connectivity index (χ0n) is 13.9. The number of rotatable bonds is 6. The molecule has 1 unspecified atom stereocenters. The van der Waals surface area contributed by atoms with Crippen LogP contribution >= 0.6 is 23.7 Å². The van der Waals surface area contributed by atoms with Crippen LogP contribution in [0.4, 0.5) is 0 Å². The number of aromatic nitrogens is 3. The molecular formula is C17H21ClN4OS. The van der Waals surface area contributed by atoms with Crippen molar-refractivity contribution in [2.24, 2.45) is 0 Å². The zero-order valence-corrected chi connectivity index (χ0v) is 15.6. The van der Waals surface area contributed by atoms with Crippen molar-refractivity contribution in [2.75, 3.05) is 7.05 Å². The second kappa shape index (κ2) is 8.37. The Bertz CT molecular complexity index is 786. The molecule has 2 aromatic heterocycles. The summed E-state index contributed by atoms with van der Waals surface area (Å²) < 4.78 is 5.32. The van der Waals surface area contributed by atoms with Gasteiger partial charge in [0.25, 0.3) is 0 Å². The SMILES string of the molecule is CNC(C)Cc1noc(Cc2csc(-c3cccc(C)c3)n2)n1.Cl. The summed E-state index contributed by atoms with van der Waals surface area (Å²) in [5.74, 6) is 1.35. The maximum absolute atomic E-state index is 5.32. The summed E-state index contributed by atoms with van der Waals surface area (Å²) >= 11 is 1.64. The number of nitrogens with one attached hydrogen (secondary N) is 1. The first-order chi connectivity index (χ1) is 11.1. The minimum absolute atomic E-state index is 0. The van der Waals surface area contributed by atoms with Crippen molar-refractivity contribution in [1.29, 1.82) is 0 Å². The van der Waals surface area contributed by atoms with Gasteiger partial charge >= 0.3 is 0 Å². The first-order valence-corrected chi connectivity index (χ1v) is 8.52. The number of hydrogen-bond donors (Lipinski definition) is 1. The molecule has 7 heteroatoms. The summed E-state index contributed by atoms with van der Waals surface area (Å²) in [6, 6.07) is 8.70. The first kappa shape index (κ1) is 18.6. The van der Waals surface area contributed by atoms with Gasteiger partial charge in [0.1, 0.15) is 5.01 Å². The number of halogens is 1. The molecule has 0 amide bonds. The molecular weight excluding hydrogens is 344 g/mol. The molecule has 3 rings (SSSR count). The molecule has 0 bridgehead atoms. The molecule has 1 aromatic carbocycles. The minimum atomic E-state index is 0. The molecule has 0 saturated heterocycles. The number of hydrogen-bond acceptors (Lipinski definition) is 6. The second-order valence-electron chi connectivity index (χ2n) is 5.69. The Morgan fingerprint density at radius 1 is 1.29 bits per heavy atom. The average molecular weight is 365 g/mol. The van der Waals surface area contributed by atoms with E-state index in [1.165, 1.54) is 5.56 Å². The Morgan fingerprint density at radius 2 is 2.12 bits per heavy atom. The fraction of sp³-hybridized carbons (Fsp3) is 0.353. The molecule has 0 aliphatic heterocycles. The lowest BCUT2D eigenvalue weighted by Gasteiger charge is -2.04. The third-order valence-electron chi connectivity index (χ3n) is 3.64. The summed E-state index contributed by atoms with van der Waals surface area (Å²) in [4.78, 5) is 9.12. The fourth-order valence-corrected chi connectivity index (χ4v) is 3.09. The summed E-state index contributed by atoms with van der Waals surface area (Å²) in [6.45, 7) is 4.18. The van der Waals surface area contributed by atoms with Crippen LogP contribution in [0.5, 0.6) is 0 Å². The number of aryl methyl sites for hydroxylation is 1. The Kier molecular flexibility index (Phi) is 6.48. The minimum Gasteiger partial charge on any atom is -0.339 e. The van der Waals surface area contributed by atoms with Crippen molar-refractivity contribution in [2.45, 2.75) is 32.7 Å². The molecule has 5 nitrogen and oxygen atoms in total. The van der Waals surface area contributed by atoms with Gasteiger partial charge in [0.05, 0.1) is 12.1 Å². The van der Waals surface area contributed by atoms with Gasteiger partial charge in [-0.25, -0.2) is 4.98 Å². The van der Waals surface area contributed by atoms with E-state index in [0.717, 1.165) is 28.5 Å². The first-order valence-electron chi connectivity index (χ1n) is 7.64. The third kappa shape index (κ3) is 4.63. The van der Waals surface area contributed by atoms with Gasteiger partial charge in [0.15, 0.2) is 5.82 Å². The zero-order chi connectivity index (χ0) is 16.2. The molecule has 3 aromatic rings. The van der Waals surface area contributed by atoms with Crippen molar-refractivity contribution in [3.05, 3.63) is 52.6 Å². The average Bonchev–Trinajstić information content (AvgIpc) is 3.17. The highest BCUT2D eigenvalue weighted by molar-refractivity contribution is 7.13. The fourth-order valence-electron chi connectivity index (χ4n) is 2.27. The molecule has 0 aliphatic carbocycles. The third-order valence-corrected chi connectivity index (χ3v) is 4.58. The number of nitrogens with zero attached hydrogens (tertiary/aromatic N) is 3. The number of benzene rings is 1. The van der Waals surface area contributed by atoms with Gasteiger partial charge in [0, 0.05) is 23.4 Å². The molecule has 0 fully saturated rings. The summed E-state index contributed by atoms with van der Waals surface area (Å²) in [5.41, 5.74) is 3.35. The summed E-state index contributed by atoms with van der Waals surface area (Å²) in [5, 5.41) is 10.3. The van der Waals surface area contributed by atoms with Crippen molar-refractivity contribution in [3.63, 3.8) is 0 Å². The van der Waals surface area contributed by atoms with E-state index >= 15 is 0 Å². The van der Waals surface area contributed by atoms with Crippen molar-refractivity contribution in [1.82, 2.24) is 20.4 Å². The monoisotopic (exact) mass is 364 g/mol. The largest absolute Gasteiger partial charge is 0.339 e. The molecule has 0 spiro atoms. The Labute approximate surface area is 151 Å². The molecule has 0 radical (unpaired) electrons. The topological polar surface area (TPSA) is 63.8 Å². The maximum atomic E-state index is 5.32. The van der Waals surface area contributed by atoms with Gasteiger partial charge in [-0.1, -0.05) is 28.9 Å². The molecule has 0 saturated carbocycles. The smallest absolute Gasteiger partial charge is 0.232 e. The lowest BCUT2D eigenvalue weighted by molar-refractivity contribution is 0.376. The van der Waals surface area contributed by atoms with E-state index in [1.54, 1.807) is 11.3 Å². The van der Waals surface area contributed by atoms with Crippen LogP contribution in [-0.2, 0) is 12.8 Å². The van der Waals surface area contributed by atoms with Gasteiger partial charge in [-0.05, 0) is 27.0 Å². The van der Waals surface area contributed by atoms with Crippen molar-refractivity contribution >= 4 is 23.7 Å². The van der Waals surface area contributed by atoms with Gasteiger partial charge in [0.2, 0.25) is 5.89 Å². The van der Waals surface area contributed by atoms with Gasteiger partial charge in [-0.2, -0.15) is 4.98 Å². The Morgan fingerprint density at radius 3 is 2.88 bits per heavy atom. The molecule has 0 aliphatic rings. The summed E-state index contributed by atoms with van der Waals surface area (Å²) in [7, 11) is 1.92. The predicted molar refractivity (Wildman–Crippen MR) is 98.9 cm³/mol. The molecule has 2 heterocycles. The van der Waals surface area contributed by atoms with Crippen LogP contribution in [0.25, 0.3) is 10.6 Å². The second-order valence-corrected chi connectivity index (χ2v) is 6.55. The van der Waals surface area contributed by atoms with Crippen LogP contribution < -0.4 is 5.32 Å². The van der Waals surface area contributed by atoms with E-state index in [1.807, 2.05) is 7.05 Å². The lowest BCUT2D eigenvalue weighted by Crippen LogP contribution is -2.24. The van der Waals surface area contributed by atoms with Gasteiger partial charge in [-0.15, -0.1) is 23.7 Å². The van der Waals surface area contributed by atoms with Gasteiger partial charge < -0.3 is 9.84 Å². The van der Waals surface area contributed by atoms with Crippen LogP contribution in [0.15, 0.2) is 34.2 Å². The van der Waals surface area contributed by atoms with Crippen LogP contribution in [0.3, 0.4) is 0 Å². The van der Waals surface area contributed by atoms with Crippen LogP contribution in [0.2, 0.25) is 0 Å². The van der Waals surface area contributed by atoms with Crippen molar-refractivity contribution in [3.8, 4) is 10.6 Å². The van der Waals surface area contributed by atoms with E-state index in [0.29, 0.717) is 18.4 Å². The maximum Gasteiger partial charge on any atom is 0.232 e. The van der Waals surface area contributed by atoms with E-state index < -0.39 is 0 Å². The van der Waals surface area contributed by atoms with E-state index in [9.17, 15) is 0 Å². The summed E-state index contributed by atoms with van der Waals surface area (Å²) in [6.07, 6.45) is 1.33.